The van der Waals surface area contributed by atoms with E-state index in [0.29, 0.717) is 33.4 Å². The fourth-order valence-corrected chi connectivity index (χ4v) is 3.92. The fraction of sp³-hybridized carbons (Fsp3) is 0. The van der Waals surface area contributed by atoms with Crippen molar-refractivity contribution in [3.8, 4) is 28.2 Å². The summed E-state index contributed by atoms with van der Waals surface area (Å²) >= 11 is 0. The Bertz CT molecular complexity index is 1670. The van der Waals surface area contributed by atoms with Crippen molar-refractivity contribution in [2.75, 3.05) is 0 Å². The van der Waals surface area contributed by atoms with Crippen molar-refractivity contribution in [1.82, 2.24) is 0 Å². The van der Waals surface area contributed by atoms with Crippen LogP contribution in [0.4, 0.5) is 0 Å². The summed E-state index contributed by atoms with van der Waals surface area (Å²) < 4.78 is 5.76. The first-order valence-corrected chi connectivity index (χ1v) is 10.8. The molecular formula is C28H19NO8. The Balaban J connectivity index is 0.000000225. The summed E-state index contributed by atoms with van der Waals surface area (Å²) in [6.45, 7) is 0. The van der Waals surface area contributed by atoms with Gasteiger partial charge >= 0.3 is 11.9 Å². The lowest BCUT2D eigenvalue weighted by atomic mass is 9.91. The number of primary amides is 1. The second kappa shape index (κ2) is 10.0. The van der Waals surface area contributed by atoms with Gasteiger partial charge in [-0.15, -0.1) is 0 Å². The number of nitrogens with two attached hydrogens (primary N) is 1. The maximum atomic E-state index is 11.7. The topological polar surface area (TPSA) is 168 Å². The standard InChI is InChI=1S/C20H12O5.C8H7NO3/c21-11-5-7-15-17(9-11)25-18-10-12(22)6-8-16(18)19(15)13-3-1-2-4-14(13)20(23)24;9-7(10)5-3-1-2-4-6(5)8(11)12/h1-10,21H,(H,23,24);1-4H,(H2,9,10)(H,11,12). The molecule has 3 aromatic rings. The van der Waals surface area contributed by atoms with Crippen molar-refractivity contribution in [3.05, 3.63) is 112 Å². The van der Waals surface area contributed by atoms with Gasteiger partial charge in [-0.05, 0) is 48.0 Å². The molecule has 0 radical (unpaired) electrons. The minimum absolute atomic E-state index is 0.0198. The lowest BCUT2D eigenvalue weighted by Gasteiger charge is -2.16. The first kappa shape index (κ1) is 24.7. The van der Waals surface area contributed by atoms with Gasteiger partial charge in [0, 0.05) is 28.6 Å². The van der Waals surface area contributed by atoms with Crippen LogP contribution in [0.3, 0.4) is 0 Å². The van der Waals surface area contributed by atoms with Crippen LogP contribution in [0.5, 0.6) is 5.75 Å². The Kier molecular flexibility index (Phi) is 6.70. The maximum absolute atomic E-state index is 11.7. The molecule has 9 nitrogen and oxygen atoms in total. The number of hydrogen-bond donors (Lipinski definition) is 4. The Morgan fingerprint density at radius 2 is 1.32 bits per heavy atom. The van der Waals surface area contributed by atoms with Crippen LogP contribution < -0.4 is 11.2 Å². The minimum atomic E-state index is -1.15. The van der Waals surface area contributed by atoms with Crippen molar-refractivity contribution < 1.29 is 34.1 Å². The molecule has 0 unspecified atom stereocenters. The highest BCUT2D eigenvalue weighted by atomic mass is 16.4. The van der Waals surface area contributed by atoms with E-state index in [1.165, 1.54) is 48.5 Å². The number of phenolic OH excluding ortho intramolecular Hbond substituents is 1. The molecule has 0 atom stereocenters. The zero-order valence-corrected chi connectivity index (χ0v) is 19.0. The monoisotopic (exact) mass is 497 g/mol. The van der Waals surface area contributed by atoms with E-state index in [9.17, 15) is 29.4 Å². The number of fused-ring (bicyclic) bond motifs is 2. The number of aromatic hydroxyl groups is 1. The van der Waals surface area contributed by atoms with Gasteiger partial charge in [-0.2, -0.15) is 0 Å². The Morgan fingerprint density at radius 3 is 1.95 bits per heavy atom. The van der Waals surface area contributed by atoms with Crippen LogP contribution in [-0.2, 0) is 0 Å². The van der Waals surface area contributed by atoms with E-state index in [0.717, 1.165) is 0 Å². The molecule has 1 amide bonds. The third kappa shape index (κ3) is 5.01. The van der Waals surface area contributed by atoms with Crippen LogP contribution in [0.1, 0.15) is 31.1 Å². The van der Waals surface area contributed by atoms with E-state index < -0.39 is 17.8 Å². The summed E-state index contributed by atoms with van der Waals surface area (Å²) in [5.41, 5.74) is 7.02. The Morgan fingerprint density at radius 1 is 0.703 bits per heavy atom. The lowest BCUT2D eigenvalue weighted by Crippen LogP contribution is -2.15. The zero-order valence-electron chi connectivity index (χ0n) is 19.0. The lowest BCUT2D eigenvalue weighted by molar-refractivity contribution is 0.0684. The van der Waals surface area contributed by atoms with E-state index in [2.05, 4.69) is 0 Å². The molecule has 0 aromatic heterocycles. The molecule has 3 aromatic carbocycles. The molecule has 9 heteroatoms. The number of carbonyl (C=O) groups is 3. The van der Waals surface area contributed by atoms with Crippen molar-refractivity contribution >= 4 is 28.8 Å². The van der Waals surface area contributed by atoms with Gasteiger partial charge in [0.15, 0.2) is 5.43 Å². The zero-order chi connectivity index (χ0) is 26.7. The fourth-order valence-electron chi connectivity index (χ4n) is 3.92. The van der Waals surface area contributed by atoms with E-state index in [-0.39, 0.29) is 27.9 Å². The maximum Gasteiger partial charge on any atom is 0.336 e. The number of hydrogen-bond acceptors (Lipinski definition) is 6. The van der Waals surface area contributed by atoms with Gasteiger partial charge in [-0.3, -0.25) is 9.59 Å². The van der Waals surface area contributed by atoms with Crippen molar-refractivity contribution in [2.24, 2.45) is 5.73 Å². The second-order valence-corrected chi connectivity index (χ2v) is 7.88. The van der Waals surface area contributed by atoms with Crippen LogP contribution in [-0.4, -0.2) is 33.2 Å². The minimum Gasteiger partial charge on any atom is -0.508 e. The number of carbonyl (C=O) groups excluding carboxylic acids is 1. The molecule has 5 N–H and O–H groups in total. The van der Waals surface area contributed by atoms with Crippen LogP contribution >= 0.6 is 0 Å². The van der Waals surface area contributed by atoms with E-state index in [1.807, 2.05) is 0 Å². The molecule has 37 heavy (non-hydrogen) atoms. The summed E-state index contributed by atoms with van der Waals surface area (Å²) in [7, 11) is 0. The largest absolute Gasteiger partial charge is 0.508 e. The predicted molar refractivity (Wildman–Crippen MR) is 135 cm³/mol. The van der Waals surface area contributed by atoms with Crippen molar-refractivity contribution in [2.45, 2.75) is 0 Å². The summed E-state index contributed by atoms with van der Waals surface area (Å²) in [5, 5.41) is 28.5. The Hall–Kier alpha value is -5.44. The molecular weight excluding hydrogens is 478 g/mol. The number of benzene rings is 4. The number of carboxylic acids is 2. The third-order valence-corrected chi connectivity index (χ3v) is 5.53. The molecule has 1 heterocycles. The highest BCUT2D eigenvalue weighted by Gasteiger charge is 2.21. The summed E-state index contributed by atoms with van der Waals surface area (Å²) in [5.74, 6) is -2.57. The van der Waals surface area contributed by atoms with Crippen LogP contribution in [0.25, 0.3) is 33.4 Å². The number of aromatic carboxylic acids is 2. The molecule has 1 aliphatic carbocycles. The average Bonchev–Trinajstić information content (AvgIpc) is 2.87. The normalized spacial score (nSPS) is 10.5. The molecule has 0 fully saturated rings. The first-order chi connectivity index (χ1) is 17.7. The molecule has 2 aliphatic rings. The van der Waals surface area contributed by atoms with E-state index in [4.69, 9.17) is 15.3 Å². The second-order valence-electron chi connectivity index (χ2n) is 7.88. The highest BCUT2D eigenvalue weighted by molar-refractivity contribution is 6.07. The van der Waals surface area contributed by atoms with Crippen LogP contribution in [0.15, 0.2) is 94.1 Å². The Labute approximate surface area is 209 Å². The number of amides is 1. The SMILES string of the molecule is NC(=O)c1ccccc1C(=O)O.O=C(O)c1ccccc1-c1c2ccc(=O)cc-2oc2cc(O)ccc12. The molecule has 0 spiro atoms. The predicted octanol–water partition coefficient (Wildman–Crippen LogP) is 4.45. The molecule has 5 rings (SSSR count). The third-order valence-electron chi connectivity index (χ3n) is 5.53. The van der Waals surface area contributed by atoms with Crippen molar-refractivity contribution in [1.29, 1.82) is 0 Å². The van der Waals surface area contributed by atoms with Crippen LogP contribution in [0, 0.1) is 0 Å². The highest BCUT2D eigenvalue weighted by Crippen LogP contribution is 2.41. The summed E-state index contributed by atoms with van der Waals surface area (Å²) in [4.78, 5) is 44.6. The molecule has 0 saturated carbocycles. The van der Waals surface area contributed by atoms with Crippen LogP contribution in [0.2, 0.25) is 0 Å². The number of rotatable bonds is 4. The van der Waals surface area contributed by atoms with Gasteiger partial charge in [-0.25, -0.2) is 9.59 Å². The summed E-state index contributed by atoms with van der Waals surface area (Å²) in [6.07, 6.45) is 0. The van der Waals surface area contributed by atoms with Crippen molar-refractivity contribution in [3.63, 3.8) is 0 Å². The van der Waals surface area contributed by atoms with E-state index in [1.54, 1.807) is 36.4 Å². The van der Waals surface area contributed by atoms with Gasteiger partial charge in [0.1, 0.15) is 17.1 Å². The smallest absolute Gasteiger partial charge is 0.336 e. The number of phenols is 1. The molecule has 0 bridgehead atoms. The van der Waals surface area contributed by atoms with Gasteiger partial charge in [0.2, 0.25) is 5.91 Å². The molecule has 0 saturated heterocycles. The van der Waals surface area contributed by atoms with Gasteiger partial charge < -0.3 is 25.5 Å². The summed E-state index contributed by atoms with van der Waals surface area (Å²) in [6, 6.07) is 21.5. The quantitative estimate of drug-likeness (QED) is 0.264. The van der Waals surface area contributed by atoms with Gasteiger partial charge in [0.25, 0.3) is 0 Å². The van der Waals surface area contributed by atoms with E-state index >= 15 is 0 Å². The van der Waals surface area contributed by atoms with Gasteiger partial charge in [-0.1, -0.05) is 30.3 Å². The number of carboxylic acid groups (broad SMARTS) is 2. The first-order valence-electron chi connectivity index (χ1n) is 10.8. The molecule has 1 aliphatic heterocycles. The average molecular weight is 497 g/mol. The van der Waals surface area contributed by atoms with Gasteiger partial charge in [0.05, 0.1) is 16.7 Å². The molecule has 184 valence electrons.